The molecule has 0 bridgehead atoms. The summed E-state index contributed by atoms with van der Waals surface area (Å²) < 4.78 is 5.37. The lowest BCUT2D eigenvalue weighted by Gasteiger charge is -2.36. The number of rotatable bonds is 4. The Balaban J connectivity index is 1.55. The molecule has 1 fully saturated rings. The quantitative estimate of drug-likeness (QED) is 0.651. The van der Waals surface area contributed by atoms with E-state index in [0.29, 0.717) is 18.1 Å². The zero-order valence-electron chi connectivity index (χ0n) is 16.0. The van der Waals surface area contributed by atoms with Crippen molar-refractivity contribution >= 4 is 34.1 Å². The zero-order chi connectivity index (χ0) is 20.1. The highest BCUT2D eigenvalue weighted by molar-refractivity contribution is 7.80. The summed E-state index contributed by atoms with van der Waals surface area (Å²) in [6, 6.07) is 14.9. The van der Waals surface area contributed by atoms with Crippen molar-refractivity contribution in [3.05, 3.63) is 65.4 Å². The van der Waals surface area contributed by atoms with Gasteiger partial charge in [-0.3, -0.25) is 9.69 Å². The highest BCUT2D eigenvalue weighted by Crippen LogP contribution is 2.41. The minimum atomic E-state index is -0.402. The first-order chi connectivity index (χ1) is 14.1. The van der Waals surface area contributed by atoms with E-state index in [1.54, 1.807) is 12.0 Å². The Bertz CT molecular complexity index is 1110. The molecule has 2 aliphatic rings. The van der Waals surface area contributed by atoms with Gasteiger partial charge < -0.3 is 19.7 Å². The van der Waals surface area contributed by atoms with Crippen LogP contribution in [0.3, 0.4) is 0 Å². The minimum Gasteiger partial charge on any atom is -0.497 e. The molecule has 7 heteroatoms. The number of aliphatic hydroxyl groups excluding tert-OH is 1. The molecule has 0 aliphatic carbocycles. The molecular weight excluding hydrogens is 386 g/mol. The Hall–Kier alpha value is -2.90. The third kappa shape index (κ3) is 2.73. The number of nitrogens with zero attached hydrogens (tertiary/aromatic N) is 2. The Kier molecular flexibility index (Phi) is 4.29. The van der Waals surface area contributed by atoms with E-state index in [1.165, 1.54) is 0 Å². The monoisotopic (exact) mass is 407 g/mol. The second-order valence-electron chi connectivity index (χ2n) is 7.45. The number of amides is 1. The van der Waals surface area contributed by atoms with Crippen LogP contribution < -0.4 is 4.74 Å². The topological polar surface area (TPSA) is 68.8 Å². The van der Waals surface area contributed by atoms with E-state index in [2.05, 4.69) is 4.98 Å². The molecule has 2 aliphatic heterocycles. The van der Waals surface area contributed by atoms with Crippen molar-refractivity contribution in [3.63, 3.8) is 0 Å². The molecule has 5 rings (SSSR count). The fourth-order valence-electron chi connectivity index (χ4n) is 4.50. The summed E-state index contributed by atoms with van der Waals surface area (Å²) in [4.78, 5) is 20.3. The van der Waals surface area contributed by atoms with E-state index in [-0.39, 0.29) is 18.6 Å². The normalized spacial score (nSPS) is 20.9. The summed E-state index contributed by atoms with van der Waals surface area (Å²) in [5.74, 6) is 0.751. The lowest BCUT2D eigenvalue weighted by atomic mass is 9.92. The van der Waals surface area contributed by atoms with Gasteiger partial charge in [0, 0.05) is 23.0 Å². The predicted molar refractivity (Wildman–Crippen MR) is 114 cm³/mol. The number of benzene rings is 2. The number of fused-ring (bicyclic) bond motifs is 4. The van der Waals surface area contributed by atoms with Gasteiger partial charge in [0.1, 0.15) is 11.8 Å². The maximum atomic E-state index is 13.3. The molecule has 1 amide bonds. The minimum absolute atomic E-state index is 0.0137. The number of hydrogen-bond donors (Lipinski definition) is 2. The molecule has 2 N–H and O–H groups in total. The molecule has 29 heavy (non-hydrogen) atoms. The average Bonchev–Trinajstić information content (AvgIpc) is 3.23. The van der Waals surface area contributed by atoms with Crippen LogP contribution in [0.25, 0.3) is 10.9 Å². The molecule has 3 aromatic rings. The van der Waals surface area contributed by atoms with E-state index in [4.69, 9.17) is 17.0 Å². The number of H-pyrrole nitrogens is 1. The van der Waals surface area contributed by atoms with Gasteiger partial charge in [0.15, 0.2) is 5.11 Å². The summed E-state index contributed by atoms with van der Waals surface area (Å²) in [5.41, 5.74) is 3.97. The molecular formula is C22H21N3O3S. The maximum Gasteiger partial charge on any atom is 0.252 e. The van der Waals surface area contributed by atoms with Crippen molar-refractivity contribution in [2.45, 2.75) is 25.0 Å². The molecule has 1 aromatic heterocycles. The highest BCUT2D eigenvalue weighted by atomic mass is 32.1. The molecule has 2 atom stereocenters. The second-order valence-corrected chi connectivity index (χ2v) is 7.81. The smallest absolute Gasteiger partial charge is 0.252 e. The molecule has 0 spiro atoms. The van der Waals surface area contributed by atoms with E-state index < -0.39 is 6.04 Å². The highest BCUT2D eigenvalue weighted by Gasteiger charge is 2.49. The van der Waals surface area contributed by atoms with Crippen LogP contribution in [-0.2, 0) is 17.8 Å². The van der Waals surface area contributed by atoms with Crippen LogP contribution in [-0.4, -0.2) is 50.7 Å². The summed E-state index contributed by atoms with van der Waals surface area (Å²) >= 11 is 5.69. The van der Waals surface area contributed by atoms with Crippen molar-refractivity contribution < 1.29 is 14.6 Å². The lowest BCUT2D eigenvalue weighted by Crippen LogP contribution is -2.44. The molecule has 3 heterocycles. The lowest BCUT2D eigenvalue weighted by molar-refractivity contribution is -0.129. The van der Waals surface area contributed by atoms with Gasteiger partial charge >= 0.3 is 0 Å². The first-order valence-electron chi connectivity index (χ1n) is 9.59. The van der Waals surface area contributed by atoms with Gasteiger partial charge in [0.2, 0.25) is 0 Å². The summed E-state index contributed by atoms with van der Waals surface area (Å²) in [7, 11) is 1.64. The van der Waals surface area contributed by atoms with Crippen molar-refractivity contribution in [2.24, 2.45) is 0 Å². The number of nitrogens with one attached hydrogen (secondary N) is 1. The fraction of sp³-hybridized carbons (Fsp3) is 0.273. The van der Waals surface area contributed by atoms with E-state index in [9.17, 15) is 9.90 Å². The first-order valence-corrected chi connectivity index (χ1v) is 10.00. The van der Waals surface area contributed by atoms with Gasteiger partial charge in [-0.05, 0) is 41.5 Å². The molecule has 2 unspecified atom stereocenters. The average molecular weight is 407 g/mol. The standard InChI is InChI=1S/C22H21N3O3S/c1-28-14-7-8-17-15(9-14)16-10-18-21(27)24(11-13-5-3-2-4-6-13)22(29)25(18)19(12-26)20(16)23-17/h2-9,18-19,23,26H,10-12H2,1H3. The number of ether oxygens (including phenoxy) is 1. The Morgan fingerprint density at radius 2 is 2.03 bits per heavy atom. The van der Waals surface area contributed by atoms with Gasteiger partial charge in [-0.25, -0.2) is 0 Å². The Labute approximate surface area is 173 Å². The fourth-order valence-corrected chi connectivity index (χ4v) is 4.91. The zero-order valence-corrected chi connectivity index (χ0v) is 16.8. The number of aromatic amines is 1. The third-order valence-corrected chi connectivity index (χ3v) is 6.34. The molecule has 0 radical (unpaired) electrons. The number of carbonyl (C=O) groups excluding carboxylic acids is 1. The molecule has 6 nitrogen and oxygen atoms in total. The van der Waals surface area contributed by atoms with Crippen LogP contribution in [0.15, 0.2) is 48.5 Å². The molecule has 1 saturated heterocycles. The van der Waals surface area contributed by atoms with Crippen molar-refractivity contribution in [3.8, 4) is 5.75 Å². The van der Waals surface area contributed by atoms with Crippen LogP contribution >= 0.6 is 12.2 Å². The first kappa shape index (κ1) is 18.1. The van der Waals surface area contributed by atoms with Crippen LogP contribution in [0.1, 0.15) is 22.9 Å². The van der Waals surface area contributed by atoms with Crippen LogP contribution in [0, 0.1) is 0 Å². The van der Waals surface area contributed by atoms with Crippen molar-refractivity contribution in [1.82, 2.24) is 14.8 Å². The van der Waals surface area contributed by atoms with Gasteiger partial charge in [-0.15, -0.1) is 0 Å². The van der Waals surface area contributed by atoms with Gasteiger partial charge in [0.05, 0.1) is 26.3 Å². The van der Waals surface area contributed by atoms with Gasteiger partial charge in [-0.2, -0.15) is 0 Å². The maximum absolute atomic E-state index is 13.3. The van der Waals surface area contributed by atoms with Crippen LogP contribution in [0.2, 0.25) is 0 Å². The van der Waals surface area contributed by atoms with Crippen LogP contribution in [0.5, 0.6) is 5.75 Å². The number of thiocarbonyl (C=S) groups is 1. The van der Waals surface area contributed by atoms with Crippen molar-refractivity contribution in [1.29, 1.82) is 0 Å². The third-order valence-electron chi connectivity index (χ3n) is 5.91. The molecule has 0 saturated carbocycles. The molecule has 2 aromatic carbocycles. The van der Waals surface area contributed by atoms with E-state index in [0.717, 1.165) is 33.5 Å². The number of hydrogen-bond acceptors (Lipinski definition) is 4. The summed E-state index contributed by atoms with van der Waals surface area (Å²) in [5, 5.41) is 11.7. The number of aromatic nitrogens is 1. The largest absolute Gasteiger partial charge is 0.497 e. The number of aliphatic hydroxyl groups is 1. The Morgan fingerprint density at radius 1 is 1.24 bits per heavy atom. The Morgan fingerprint density at radius 3 is 2.76 bits per heavy atom. The molecule has 148 valence electrons. The number of methoxy groups -OCH3 is 1. The predicted octanol–water partition coefficient (Wildman–Crippen LogP) is 2.76. The SMILES string of the molecule is COc1ccc2[nH]c3c(c2c1)CC1C(=O)N(Cc2ccccc2)C(=S)N1C3CO. The second kappa shape index (κ2) is 6.86. The van der Waals surface area contributed by atoms with E-state index in [1.807, 2.05) is 53.4 Å². The summed E-state index contributed by atoms with van der Waals surface area (Å²) in [6.07, 6.45) is 0.545. The van der Waals surface area contributed by atoms with E-state index >= 15 is 0 Å². The summed E-state index contributed by atoms with van der Waals surface area (Å²) in [6.45, 7) is 0.312. The van der Waals surface area contributed by atoms with Crippen LogP contribution in [0.4, 0.5) is 0 Å². The van der Waals surface area contributed by atoms with Gasteiger partial charge in [-0.1, -0.05) is 30.3 Å². The van der Waals surface area contributed by atoms with Gasteiger partial charge in [0.25, 0.3) is 5.91 Å². The number of carbonyl (C=O) groups is 1. The van der Waals surface area contributed by atoms with Crippen molar-refractivity contribution in [2.75, 3.05) is 13.7 Å².